The maximum atomic E-state index is 12.8. The van der Waals surface area contributed by atoms with Crippen LogP contribution in [0.3, 0.4) is 0 Å². The van der Waals surface area contributed by atoms with Crippen molar-refractivity contribution in [3.63, 3.8) is 0 Å². The number of allylic oxidation sites excluding steroid dienone is 2. The molecule has 2 fully saturated rings. The Morgan fingerprint density at radius 1 is 1.04 bits per heavy atom. The molecule has 26 heavy (non-hydrogen) atoms. The summed E-state index contributed by atoms with van der Waals surface area (Å²) in [4.78, 5) is 38.6. The molecule has 6 nitrogen and oxygen atoms in total. The van der Waals surface area contributed by atoms with E-state index in [1.54, 1.807) is 0 Å². The van der Waals surface area contributed by atoms with Crippen molar-refractivity contribution in [2.24, 2.45) is 11.8 Å². The van der Waals surface area contributed by atoms with Gasteiger partial charge in [0, 0.05) is 0 Å². The van der Waals surface area contributed by atoms with Gasteiger partial charge in [0.25, 0.3) is 11.8 Å². The van der Waals surface area contributed by atoms with E-state index < -0.39 is 43.7 Å². The van der Waals surface area contributed by atoms with Gasteiger partial charge < -0.3 is 9.25 Å². The van der Waals surface area contributed by atoms with Crippen LogP contribution in [0.2, 0.25) is 0 Å². The van der Waals surface area contributed by atoms with Crippen molar-refractivity contribution < 1.29 is 23.6 Å². The molecule has 2 aliphatic carbocycles. The highest BCUT2D eigenvalue weighted by Gasteiger charge is 2.88. The normalized spacial score (nSPS) is 37.5. The molecule has 0 spiro atoms. The Morgan fingerprint density at radius 3 is 1.96 bits per heavy atom. The number of furan rings is 1. The number of nitrogens with zero attached hydrogens (tertiary/aromatic N) is 1. The van der Waals surface area contributed by atoms with E-state index in [2.05, 4.69) is 0 Å². The number of carbonyl (C=O) groups is 3. The molecule has 0 radical (unpaired) electrons. The highest BCUT2D eigenvalue weighted by Crippen LogP contribution is 2.77. The van der Waals surface area contributed by atoms with Crippen molar-refractivity contribution in [2.45, 2.75) is 14.1 Å². The topological polar surface area (TPSA) is 76.8 Å². The van der Waals surface area contributed by atoms with Crippen LogP contribution < -0.4 is 0 Å². The first-order valence-electron chi connectivity index (χ1n) is 6.96. The number of carbonyl (C=O) groups excluding carboxylic acids is 3. The third kappa shape index (κ3) is 1.81. The van der Waals surface area contributed by atoms with Gasteiger partial charge in [-0.2, -0.15) is 0 Å². The first-order valence-corrected chi connectivity index (χ1v) is 9.23. The van der Waals surface area contributed by atoms with Crippen LogP contribution in [0.5, 0.6) is 0 Å². The fourth-order valence-electron chi connectivity index (χ4n) is 3.58. The fraction of sp³-hybridized carbons (Fsp3) is 0.357. The zero-order valence-electron chi connectivity index (χ0n) is 12.1. The molecule has 1 saturated heterocycles. The standard InChI is InChI=1S/C14H5Cl6NO5/c15-7-8(16)13(18)6-5(12(7,17)14(13,19)20)9(22)21(10(6)23)26-11(24)4-2-1-3-25-4/h1-3,5-6H/t5-,6+,12-,13-/m0/s1. The van der Waals surface area contributed by atoms with Crippen LogP contribution in [0.15, 0.2) is 32.9 Å². The number of imide groups is 1. The van der Waals surface area contributed by atoms with Gasteiger partial charge in [0.2, 0.25) is 5.76 Å². The summed E-state index contributed by atoms with van der Waals surface area (Å²) in [6.45, 7) is 0. The maximum Gasteiger partial charge on any atom is 0.398 e. The van der Waals surface area contributed by atoms with Crippen LogP contribution in [0.25, 0.3) is 0 Å². The monoisotopic (exact) mass is 477 g/mol. The van der Waals surface area contributed by atoms with Gasteiger partial charge in [0.05, 0.1) is 28.2 Å². The second-order valence-corrected chi connectivity index (χ2v) is 9.18. The van der Waals surface area contributed by atoms with E-state index in [-0.39, 0.29) is 20.9 Å². The number of hydroxylamine groups is 2. The van der Waals surface area contributed by atoms with Crippen LogP contribution in [-0.4, -0.2) is 36.9 Å². The van der Waals surface area contributed by atoms with E-state index >= 15 is 0 Å². The Morgan fingerprint density at radius 2 is 1.54 bits per heavy atom. The summed E-state index contributed by atoms with van der Waals surface area (Å²) in [5.41, 5.74) is 0. The Labute approximate surface area is 175 Å². The van der Waals surface area contributed by atoms with Crippen molar-refractivity contribution in [3.05, 3.63) is 34.2 Å². The van der Waals surface area contributed by atoms with Crippen LogP contribution in [0.1, 0.15) is 10.6 Å². The minimum absolute atomic E-state index is 0.218. The molecule has 12 heteroatoms. The number of amides is 2. The summed E-state index contributed by atoms with van der Waals surface area (Å²) in [5.74, 6) is -5.96. The number of fused-ring (bicyclic) bond motifs is 5. The Hall–Kier alpha value is -0.630. The van der Waals surface area contributed by atoms with Crippen LogP contribution in [0.4, 0.5) is 0 Å². The molecule has 1 saturated carbocycles. The lowest BCUT2D eigenvalue weighted by Crippen LogP contribution is -2.50. The third-order valence-corrected chi connectivity index (χ3v) is 9.02. The zero-order valence-corrected chi connectivity index (χ0v) is 16.7. The molecule has 1 aromatic rings. The first kappa shape index (κ1) is 18.7. The summed E-state index contributed by atoms with van der Waals surface area (Å²) in [6.07, 6.45) is 1.22. The van der Waals surface area contributed by atoms with Crippen molar-refractivity contribution >= 4 is 87.4 Å². The van der Waals surface area contributed by atoms with Gasteiger partial charge in [-0.05, 0) is 12.1 Å². The number of hydrogen-bond acceptors (Lipinski definition) is 5. The van der Waals surface area contributed by atoms with Crippen LogP contribution >= 0.6 is 69.6 Å². The Balaban J connectivity index is 1.76. The quantitative estimate of drug-likeness (QED) is 0.476. The lowest BCUT2D eigenvalue weighted by atomic mass is 9.84. The van der Waals surface area contributed by atoms with E-state index in [1.165, 1.54) is 18.4 Å². The lowest BCUT2D eigenvalue weighted by molar-refractivity contribution is -0.175. The smallest absolute Gasteiger partial charge is 0.398 e. The van der Waals surface area contributed by atoms with E-state index in [9.17, 15) is 14.4 Å². The van der Waals surface area contributed by atoms with Gasteiger partial charge in [-0.25, -0.2) is 4.79 Å². The van der Waals surface area contributed by atoms with Crippen LogP contribution in [0, 0.1) is 11.8 Å². The fourth-order valence-corrected chi connectivity index (χ4v) is 6.51. The summed E-state index contributed by atoms with van der Waals surface area (Å²) in [7, 11) is 0. The average Bonchev–Trinajstić information content (AvgIpc) is 3.25. The molecule has 4 rings (SSSR count). The minimum Gasteiger partial charge on any atom is -0.457 e. The molecule has 0 aromatic carbocycles. The van der Waals surface area contributed by atoms with Gasteiger partial charge in [0.1, 0.15) is 9.75 Å². The molecule has 2 bridgehead atoms. The van der Waals surface area contributed by atoms with E-state index in [1.807, 2.05) is 0 Å². The van der Waals surface area contributed by atoms with E-state index in [4.69, 9.17) is 78.9 Å². The second-order valence-electron chi connectivity index (χ2n) is 5.91. The molecule has 138 valence electrons. The first-order chi connectivity index (χ1) is 12.0. The summed E-state index contributed by atoms with van der Waals surface area (Å²) in [6, 6.07) is 2.72. The zero-order chi connectivity index (χ0) is 19.2. The van der Waals surface area contributed by atoms with Gasteiger partial charge in [-0.1, -0.05) is 46.4 Å². The summed E-state index contributed by atoms with van der Waals surface area (Å²) >= 11 is 37.9. The molecule has 0 unspecified atom stereocenters. The predicted molar refractivity (Wildman–Crippen MR) is 93.3 cm³/mol. The highest BCUT2D eigenvalue weighted by atomic mass is 35.5. The lowest BCUT2D eigenvalue weighted by Gasteiger charge is -2.34. The molecular formula is C14H5Cl6NO5. The Bertz CT molecular complexity index is 852. The molecular weight excluding hydrogens is 475 g/mol. The van der Waals surface area contributed by atoms with Crippen molar-refractivity contribution in [1.82, 2.24) is 5.06 Å². The van der Waals surface area contributed by atoms with Crippen molar-refractivity contribution in [1.29, 1.82) is 0 Å². The van der Waals surface area contributed by atoms with E-state index in [0.29, 0.717) is 0 Å². The number of halogens is 6. The SMILES string of the molecule is O=C(ON1C(=O)[C@@H]2[C@H](C1=O)[C@]1(Cl)C(Cl)=C(Cl)[C@]2(Cl)C1(Cl)Cl)c1ccco1. The number of alkyl halides is 4. The van der Waals surface area contributed by atoms with Crippen LogP contribution in [-0.2, 0) is 14.4 Å². The molecule has 2 heterocycles. The number of hydrogen-bond donors (Lipinski definition) is 0. The molecule has 1 aliphatic heterocycles. The summed E-state index contributed by atoms with van der Waals surface area (Å²) < 4.78 is 2.82. The van der Waals surface area contributed by atoms with Crippen molar-refractivity contribution in [3.8, 4) is 0 Å². The highest BCUT2D eigenvalue weighted by molar-refractivity contribution is 6.66. The summed E-state index contributed by atoms with van der Waals surface area (Å²) in [5, 5.41) is -0.207. The molecule has 4 atom stereocenters. The average molecular weight is 480 g/mol. The third-order valence-electron chi connectivity index (χ3n) is 4.76. The predicted octanol–water partition coefficient (Wildman–Crippen LogP) is 3.80. The van der Waals surface area contributed by atoms with E-state index in [0.717, 1.165) is 0 Å². The Kier molecular flexibility index (Phi) is 3.93. The largest absolute Gasteiger partial charge is 0.457 e. The second kappa shape index (κ2) is 5.46. The minimum atomic E-state index is -2.05. The molecule has 0 N–H and O–H groups in total. The van der Waals surface area contributed by atoms with Gasteiger partial charge in [-0.3, -0.25) is 9.59 Å². The van der Waals surface area contributed by atoms with Gasteiger partial charge in [-0.15, -0.1) is 28.3 Å². The number of rotatable bonds is 2. The van der Waals surface area contributed by atoms with Gasteiger partial charge in [0.15, 0.2) is 4.33 Å². The maximum absolute atomic E-state index is 12.8. The van der Waals surface area contributed by atoms with Gasteiger partial charge >= 0.3 is 5.97 Å². The molecule has 1 aromatic heterocycles. The molecule has 3 aliphatic rings. The molecule has 2 amide bonds. The van der Waals surface area contributed by atoms with Crippen molar-refractivity contribution in [2.75, 3.05) is 0 Å².